The van der Waals surface area contributed by atoms with Crippen LogP contribution in [-0.4, -0.2) is 31.3 Å². The van der Waals surface area contributed by atoms with Gasteiger partial charge in [0.15, 0.2) is 6.10 Å². The maximum atomic E-state index is 12.1. The zero-order valence-electron chi connectivity index (χ0n) is 25.2. The fraction of sp³-hybridized carbons (Fsp3) is 0.533. The molecule has 0 aliphatic carbocycles. The van der Waals surface area contributed by atoms with Crippen LogP contribution in [0.25, 0.3) is 0 Å². The van der Waals surface area contributed by atoms with E-state index in [-0.39, 0.29) is 87.4 Å². The van der Waals surface area contributed by atoms with Crippen molar-refractivity contribution >= 4 is 19.8 Å². The van der Waals surface area contributed by atoms with Crippen molar-refractivity contribution in [2.45, 2.75) is 90.6 Å². The Balaban J connectivity index is -0.0000000793. The number of phosphoric ester groups is 1. The average molecular weight is 638 g/mol. The molecule has 0 aromatic carbocycles. The van der Waals surface area contributed by atoms with Crippen molar-refractivity contribution in [3.05, 3.63) is 0 Å². The van der Waals surface area contributed by atoms with Gasteiger partial charge in [-0.25, -0.2) is 4.79 Å². The molecule has 0 aromatic heterocycles. The minimum atomic E-state index is -5.31. The van der Waals surface area contributed by atoms with Gasteiger partial charge in [0.1, 0.15) is 6.61 Å². The van der Waals surface area contributed by atoms with Crippen LogP contribution in [0.4, 0.5) is 0 Å². The summed E-state index contributed by atoms with van der Waals surface area (Å²) < 4.78 is 24.9. The molecule has 238 valence electrons. The summed E-state index contributed by atoms with van der Waals surface area (Å²) in [6, 6.07) is 0. The first-order valence-electron chi connectivity index (χ1n) is 12.7. The van der Waals surface area contributed by atoms with Gasteiger partial charge in [0.05, 0.1) is 14.4 Å². The second-order valence-electron chi connectivity index (χ2n) is 8.01. The van der Waals surface area contributed by atoms with Gasteiger partial charge in [-0.05, 0) is 72.5 Å². The molecule has 0 aromatic rings. The summed E-state index contributed by atoms with van der Waals surface area (Å²) in [5.74, 6) is 27.1. The molecular formula is C30H58NNa2O8P. The van der Waals surface area contributed by atoms with E-state index in [0.29, 0.717) is 6.42 Å². The van der Waals surface area contributed by atoms with Crippen molar-refractivity contribution in [1.82, 2.24) is 6.15 Å². The van der Waals surface area contributed by atoms with Crippen molar-refractivity contribution in [2.75, 3.05) is 13.2 Å². The van der Waals surface area contributed by atoms with Crippen LogP contribution in [0.2, 0.25) is 0 Å². The topological polar surface area (TPSA) is 160 Å². The first kappa shape index (κ1) is 47.3. The van der Waals surface area contributed by atoms with Gasteiger partial charge < -0.3 is 34.5 Å². The van der Waals surface area contributed by atoms with E-state index in [4.69, 9.17) is 9.47 Å². The number of hydrogen-bond donors (Lipinski definition) is 1. The molecule has 0 aliphatic heterocycles. The van der Waals surface area contributed by atoms with Crippen LogP contribution in [-0.2, 0) is 28.2 Å². The molecule has 0 bridgehead atoms. The van der Waals surface area contributed by atoms with Gasteiger partial charge in [0, 0.05) is 28.0 Å². The fourth-order valence-corrected chi connectivity index (χ4v) is 3.24. The number of unbranched alkanes of at least 4 members (excludes halogenated alkanes) is 9. The van der Waals surface area contributed by atoms with Gasteiger partial charge in [-0.2, -0.15) is 0 Å². The molecule has 0 fully saturated rings. The third kappa shape index (κ3) is 36.4. The van der Waals surface area contributed by atoms with Crippen LogP contribution in [0.5, 0.6) is 0 Å². The van der Waals surface area contributed by atoms with Crippen LogP contribution >= 0.6 is 7.82 Å². The molecule has 9 nitrogen and oxygen atoms in total. The van der Waals surface area contributed by atoms with E-state index in [1.165, 1.54) is 38.5 Å². The Hall–Kier alpha value is -1.63. The molecule has 42 heavy (non-hydrogen) atoms. The van der Waals surface area contributed by atoms with Gasteiger partial charge >= 0.3 is 71.1 Å². The second kappa shape index (κ2) is 33.9. The number of phosphoric acid groups is 1. The summed E-state index contributed by atoms with van der Waals surface area (Å²) in [6.07, 6.45) is 9.80. The van der Waals surface area contributed by atoms with E-state index in [0.717, 1.165) is 19.3 Å². The van der Waals surface area contributed by atoms with E-state index in [2.05, 4.69) is 82.5 Å². The molecule has 0 radical (unpaired) electrons. The van der Waals surface area contributed by atoms with Gasteiger partial charge in [0.2, 0.25) is 0 Å². The van der Waals surface area contributed by atoms with Crippen LogP contribution in [0.15, 0.2) is 0 Å². The van der Waals surface area contributed by atoms with E-state index in [9.17, 15) is 23.9 Å². The Morgan fingerprint density at radius 1 is 0.738 bits per heavy atom. The monoisotopic (exact) mass is 637 g/mol. The first-order chi connectivity index (χ1) is 18.8. The summed E-state index contributed by atoms with van der Waals surface area (Å²) in [4.78, 5) is 45.5. The summed E-state index contributed by atoms with van der Waals surface area (Å²) in [6.45, 7) is 2.51. The van der Waals surface area contributed by atoms with Gasteiger partial charge in [-0.3, -0.25) is 4.79 Å². The standard InChI is InChI=1S/C30H35O8P.H3N.2Na.11H2/c1-3-5-7-9-11-13-15-17-18-20-22-24-29(31)36-26-28(27-37-39(33,34)35)38-30(32)25-23-21-19-16-14-12-10-8-6-4-2;;;;;;;;;;;;;;/h28H,4,6,8,10,12,14,16,19,21,23,25-27H2,1-2H3,(H2,33,34,35);1H3;;;11*1H/q;;2*+1;;;;;;;;;;;/p-2/t28-;;;;;;;;;;;;;;/m0............../s1. The molecule has 12 heteroatoms. The molecule has 0 spiro atoms. The van der Waals surface area contributed by atoms with Crippen LogP contribution in [0, 0.1) is 71.0 Å². The predicted octanol–water partition coefficient (Wildman–Crippen LogP) is -0.486. The number of esters is 2. The number of rotatable bonds is 17. The summed E-state index contributed by atoms with van der Waals surface area (Å²) in [5, 5.41) is 0. The van der Waals surface area contributed by atoms with Gasteiger partial charge in [0.25, 0.3) is 0 Å². The molecular weight excluding hydrogens is 579 g/mol. The quantitative estimate of drug-likeness (QED) is 0.0555. The van der Waals surface area contributed by atoms with Gasteiger partial charge in [-0.15, -0.1) is 0 Å². The average Bonchev–Trinajstić information content (AvgIpc) is 2.89. The maximum Gasteiger partial charge on any atom is 1.00 e. The van der Waals surface area contributed by atoms with Crippen molar-refractivity contribution in [3.8, 4) is 71.0 Å². The third-order valence-corrected chi connectivity index (χ3v) is 5.17. The SMILES string of the molecule is CC#CC#CC#CC#CC#CC#CC(=O)OC[C@@H](COP(=O)([O-])[O-])OC(=O)CCCCCCCCCCCC.N.[HH].[HH].[HH].[HH].[HH].[HH].[HH].[HH].[HH].[HH].[HH].[Na+].[Na+]. The summed E-state index contributed by atoms with van der Waals surface area (Å²) in [7, 11) is -5.31. The Labute approximate surface area is 311 Å². The van der Waals surface area contributed by atoms with Crippen LogP contribution in [0.1, 0.15) is 100 Å². The van der Waals surface area contributed by atoms with Crippen molar-refractivity contribution in [1.29, 1.82) is 0 Å². The molecule has 0 unspecified atom stereocenters. The third-order valence-electron chi connectivity index (χ3n) is 4.70. The molecule has 1 atom stereocenters. The van der Waals surface area contributed by atoms with Crippen molar-refractivity contribution < 1.29 is 113 Å². The van der Waals surface area contributed by atoms with E-state index < -0.39 is 39.1 Å². The molecule has 3 N–H and O–H groups in total. The number of carbonyl (C=O) groups excluding carboxylic acids is 2. The van der Waals surface area contributed by atoms with Crippen molar-refractivity contribution in [2.24, 2.45) is 0 Å². The minimum Gasteiger partial charge on any atom is -0.790 e. The Morgan fingerprint density at radius 2 is 1.19 bits per heavy atom. The smallest absolute Gasteiger partial charge is 0.790 e. The number of ether oxygens (including phenoxy) is 2. The molecule has 0 saturated carbocycles. The van der Waals surface area contributed by atoms with Crippen molar-refractivity contribution in [3.63, 3.8) is 0 Å². The predicted molar refractivity (Wildman–Crippen MR) is 171 cm³/mol. The summed E-state index contributed by atoms with van der Waals surface area (Å²) in [5.41, 5.74) is 0. The Kier molecular flexibility index (Phi) is 38.1. The van der Waals surface area contributed by atoms with Crippen LogP contribution < -0.4 is 75.1 Å². The molecule has 0 aliphatic rings. The van der Waals surface area contributed by atoms with E-state index in [1.54, 1.807) is 6.92 Å². The Bertz CT molecular complexity index is 1240. The fourth-order valence-electron chi connectivity index (χ4n) is 2.89. The minimum absolute atomic E-state index is 0. The Morgan fingerprint density at radius 3 is 1.67 bits per heavy atom. The second-order valence-corrected chi connectivity index (χ2v) is 9.16. The van der Waals surface area contributed by atoms with Crippen LogP contribution in [0.3, 0.4) is 0 Å². The maximum absolute atomic E-state index is 12.1. The number of hydrogen-bond acceptors (Lipinski definition) is 9. The molecule has 0 saturated heterocycles. The largest absolute Gasteiger partial charge is 1.00 e. The van der Waals surface area contributed by atoms with E-state index >= 15 is 0 Å². The molecule has 0 heterocycles. The zero-order chi connectivity index (χ0) is 29.0. The molecule has 0 amide bonds. The zero-order valence-corrected chi connectivity index (χ0v) is 30.1. The summed E-state index contributed by atoms with van der Waals surface area (Å²) >= 11 is 0. The first-order valence-corrected chi connectivity index (χ1v) is 14.2. The molecule has 0 rings (SSSR count). The van der Waals surface area contributed by atoms with E-state index in [1.807, 2.05) is 0 Å². The normalized spacial score (nSPS) is 9.24. The van der Waals surface area contributed by atoms with Gasteiger partial charge in [-0.1, -0.05) is 70.6 Å². The number of carbonyl (C=O) groups is 2.